The highest BCUT2D eigenvalue weighted by Crippen LogP contribution is 2.48. The number of aromatic nitrogens is 1. The number of alkyl halides is 12. The van der Waals surface area contributed by atoms with Gasteiger partial charge in [-0.1, -0.05) is 109 Å². The molecule has 1 aliphatic rings. The van der Waals surface area contributed by atoms with Crippen molar-refractivity contribution in [3.63, 3.8) is 0 Å². The molecule has 0 unspecified atom stereocenters. The summed E-state index contributed by atoms with van der Waals surface area (Å²) in [5, 5.41) is 0.0460. The van der Waals surface area contributed by atoms with Crippen molar-refractivity contribution < 1.29 is 62.3 Å². The Labute approximate surface area is 388 Å². The van der Waals surface area contributed by atoms with Gasteiger partial charge in [0.25, 0.3) is 11.8 Å². The molecule has 1 aromatic heterocycles. The molecule has 8 aromatic carbocycles. The maximum absolute atomic E-state index is 15.2. The lowest BCUT2D eigenvalue weighted by atomic mass is 9.94. The average Bonchev–Trinajstić information content (AvgIpc) is 3.79. The molecule has 1 aliphatic heterocycles. The van der Waals surface area contributed by atoms with Crippen molar-refractivity contribution in [1.82, 2.24) is 4.57 Å². The fraction of sp³-hybridized carbons (Fsp3) is 0.0741. The summed E-state index contributed by atoms with van der Waals surface area (Å²) in [5.41, 5.74) is -5.50. The van der Waals surface area contributed by atoms with Crippen molar-refractivity contribution >= 4 is 39.3 Å². The molecule has 10 rings (SSSR count). The summed E-state index contributed by atoms with van der Waals surface area (Å²) in [7, 11) is 0. The fourth-order valence-electron chi connectivity index (χ4n) is 9.17. The number of carbonyl (C=O) groups is 2. The van der Waals surface area contributed by atoms with Gasteiger partial charge < -0.3 is 4.57 Å². The number of imide groups is 1. The lowest BCUT2D eigenvalue weighted by molar-refractivity contribution is -0.144. The summed E-state index contributed by atoms with van der Waals surface area (Å²) < 4.78 is 171. The number of halogens is 12. The normalized spacial score (nSPS) is 13.5. The molecular formula is C54H28F12N2O2. The summed E-state index contributed by atoms with van der Waals surface area (Å²) in [6, 6.07) is 37.3. The smallest absolute Gasteiger partial charge is 0.308 e. The Morgan fingerprint density at radius 2 is 0.771 bits per heavy atom. The molecule has 0 bridgehead atoms. The zero-order valence-electron chi connectivity index (χ0n) is 35.4. The maximum atomic E-state index is 15.2. The van der Waals surface area contributed by atoms with Gasteiger partial charge in [-0.3, -0.25) is 9.59 Å². The highest BCUT2D eigenvalue weighted by molar-refractivity contribution is 6.37. The Bertz CT molecular complexity index is 3400. The molecule has 9 aromatic rings. The van der Waals surface area contributed by atoms with E-state index >= 15 is 4.79 Å². The van der Waals surface area contributed by atoms with E-state index in [0.29, 0.717) is 46.5 Å². The number of benzene rings is 8. The third-order valence-electron chi connectivity index (χ3n) is 12.3. The lowest BCUT2D eigenvalue weighted by Crippen LogP contribution is -2.30. The Morgan fingerprint density at radius 1 is 0.343 bits per heavy atom. The van der Waals surface area contributed by atoms with Crippen LogP contribution in [0.3, 0.4) is 0 Å². The highest BCUT2D eigenvalue weighted by atomic mass is 19.4. The number of para-hydroxylation sites is 1. The number of amides is 2. The predicted octanol–water partition coefficient (Wildman–Crippen LogP) is 16.3. The van der Waals surface area contributed by atoms with Crippen LogP contribution in [0.25, 0.3) is 72.0 Å². The Hall–Kier alpha value is -8.14. The minimum Gasteiger partial charge on any atom is -0.308 e. The third kappa shape index (κ3) is 7.72. The van der Waals surface area contributed by atoms with E-state index in [2.05, 4.69) is 0 Å². The predicted molar refractivity (Wildman–Crippen MR) is 240 cm³/mol. The molecule has 2 heterocycles. The summed E-state index contributed by atoms with van der Waals surface area (Å²) in [6.07, 6.45) is -20.9. The number of nitrogens with zero attached hydrogens (tertiary/aromatic N) is 2. The quantitative estimate of drug-likeness (QED) is 0.123. The highest BCUT2D eigenvalue weighted by Gasteiger charge is 2.43. The van der Waals surface area contributed by atoms with Crippen LogP contribution < -0.4 is 4.90 Å². The van der Waals surface area contributed by atoms with E-state index in [1.54, 1.807) is 54.6 Å². The van der Waals surface area contributed by atoms with Gasteiger partial charge in [-0.25, -0.2) is 4.90 Å². The lowest BCUT2D eigenvalue weighted by Gasteiger charge is -2.23. The van der Waals surface area contributed by atoms with Gasteiger partial charge in [0, 0.05) is 21.9 Å². The van der Waals surface area contributed by atoms with Gasteiger partial charge in [-0.15, -0.1) is 0 Å². The number of hydrogen-bond acceptors (Lipinski definition) is 2. The van der Waals surface area contributed by atoms with Crippen LogP contribution in [-0.2, 0) is 24.7 Å². The van der Waals surface area contributed by atoms with Gasteiger partial charge in [-0.2, -0.15) is 52.7 Å². The maximum Gasteiger partial charge on any atom is 0.417 e. The summed E-state index contributed by atoms with van der Waals surface area (Å²) in [6.45, 7) is 0. The van der Waals surface area contributed by atoms with Gasteiger partial charge >= 0.3 is 24.7 Å². The molecule has 0 spiro atoms. The van der Waals surface area contributed by atoms with Crippen LogP contribution >= 0.6 is 0 Å². The van der Waals surface area contributed by atoms with Crippen molar-refractivity contribution in [3.05, 3.63) is 203 Å². The second-order valence-electron chi connectivity index (χ2n) is 16.4. The van der Waals surface area contributed by atoms with Gasteiger partial charge in [0.15, 0.2) is 0 Å². The number of rotatable bonds is 6. The Morgan fingerprint density at radius 3 is 1.20 bits per heavy atom. The van der Waals surface area contributed by atoms with E-state index in [1.165, 1.54) is 59.2 Å². The molecule has 16 heteroatoms. The van der Waals surface area contributed by atoms with E-state index < -0.39 is 69.9 Å². The number of fused-ring (bicyclic) bond motifs is 4. The molecule has 0 atom stereocenters. The van der Waals surface area contributed by atoms with E-state index in [0.717, 1.165) is 4.90 Å². The first-order valence-corrected chi connectivity index (χ1v) is 21.0. The Kier molecular flexibility index (Phi) is 10.6. The minimum absolute atomic E-state index is 0.0230. The number of anilines is 1. The zero-order chi connectivity index (χ0) is 49.7. The summed E-state index contributed by atoms with van der Waals surface area (Å²) in [4.78, 5) is 31.1. The fourth-order valence-corrected chi connectivity index (χ4v) is 9.17. The monoisotopic (exact) mass is 964 g/mol. The largest absolute Gasteiger partial charge is 0.417 e. The minimum atomic E-state index is -5.30. The molecule has 350 valence electrons. The van der Waals surface area contributed by atoms with Crippen LogP contribution in [0.15, 0.2) is 170 Å². The zero-order valence-corrected chi connectivity index (χ0v) is 35.4. The molecular weight excluding hydrogens is 937 g/mol. The standard InChI is InChI=1S/C54H28F12N2O2/c55-51(56,57)33-19-21-35(42(27-33)53(61,62)63)31-17-23-44-40(25-31)41-26-32(36-22-20-34(52(58,59)60)28-43(36)54(64,65)66)18-24-45(41)67(44)46-16-8-15-39-47(46)50(70)68(49(39)69)48-37(29-9-3-1-4-10-29)13-7-14-38(48)30-11-5-2-6-12-30/h1-28H. The summed E-state index contributed by atoms with van der Waals surface area (Å²) in [5.74, 6) is -1.49. The molecule has 0 saturated carbocycles. The molecule has 0 aliphatic carbocycles. The van der Waals surface area contributed by atoms with Gasteiger partial charge in [0.05, 0.1) is 55.8 Å². The van der Waals surface area contributed by atoms with Crippen molar-refractivity contribution in [2.45, 2.75) is 24.7 Å². The number of carbonyl (C=O) groups excluding carboxylic acids is 2. The van der Waals surface area contributed by atoms with Crippen molar-refractivity contribution in [1.29, 1.82) is 0 Å². The first-order valence-electron chi connectivity index (χ1n) is 21.0. The SMILES string of the molecule is O=C1c2cccc(-n3c4ccc(-c5ccc(C(F)(F)F)cc5C(F)(F)F)cc4c4cc(-c5ccc(C(F)(F)F)cc5C(F)(F)F)ccc43)c2C(=O)N1c1c(-c2ccccc2)cccc1-c1ccccc1. The van der Waals surface area contributed by atoms with Crippen molar-refractivity contribution in [2.75, 3.05) is 4.90 Å². The molecule has 70 heavy (non-hydrogen) atoms. The first kappa shape index (κ1) is 45.6. The topological polar surface area (TPSA) is 42.3 Å². The molecule has 0 saturated heterocycles. The van der Waals surface area contributed by atoms with E-state index in [9.17, 15) is 57.5 Å². The third-order valence-corrected chi connectivity index (χ3v) is 12.3. The number of hydrogen-bond donors (Lipinski definition) is 0. The van der Waals surface area contributed by atoms with E-state index in [-0.39, 0.29) is 67.6 Å². The van der Waals surface area contributed by atoms with Crippen molar-refractivity contribution in [3.8, 4) is 50.2 Å². The second kappa shape index (κ2) is 16.2. The molecule has 4 nitrogen and oxygen atoms in total. The van der Waals surface area contributed by atoms with Gasteiger partial charge in [-0.05, 0) is 94.0 Å². The Balaban J connectivity index is 1.23. The molecule has 2 amide bonds. The van der Waals surface area contributed by atoms with E-state index in [4.69, 9.17) is 0 Å². The van der Waals surface area contributed by atoms with Crippen molar-refractivity contribution in [2.24, 2.45) is 0 Å². The molecule has 0 fully saturated rings. The van der Waals surface area contributed by atoms with Crippen LogP contribution in [0.4, 0.5) is 58.4 Å². The van der Waals surface area contributed by atoms with Gasteiger partial charge in [0.1, 0.15) is 0 Å². The average molecular weight is 965 g/mol. The van der Waals surface area contributed by atoms with E-state index in [1.807, 2.05) is 24.3 Å². The summed E-state index contributed by atoms with van der Waals surface area (Å²) >= 11 is 0. The van der Waals surface area contributed by atoms with Crippen LogP contribution in [0.2, 0.25) is 0 Å². The van der Waals surface area contributed by atoms with Crippen LogP contribution in [0.1, 0.15) is 43.0 Å². The van der Waals surface area contributed by atoms with Crippen LogP contribution in [0.5, 0.6) is 0 Å². The molecule has 0 N–H and O–H groups in total. The first-order chi connectivity index (χ1) is 33.1. The second-order valence-corrected chi connectivity index (χ2v) is 16.4. The van der Waals surface area contributed by atoms with Gasteiger partial charge in [0.2, 0.25) is 0 Å². The van der Waals surface area contributed by atoms with Crippen LogP contribution in [-0.4, -0.2) is 16.4 Å². The molecule has 0 radical (unpaired) electrons. The van der Waals surface area contributed by atoms with Crippen LogP contribution in [0, 0.1) is 0 Å².